The molecule has 0 fully saturated rings. The molecule has 1 aliphatic rings. The summed E-state index contributed by atoms with van der Waals surface area (Å²) in [6.45, 7) is 0.667. The zero-order chi connectivity index (χ0) is 5.82. The maximum Gasteiger partial charge on any atom is 0.114 e. The summed E-state index contributed by atoms with van der Waals surface area (Å²) in [7, 11) is 0. The van der Waals surface area contributed by atoms with Crippen molar-refractivity contribution < 1.29 is 9.84 Å². The van der Waals surface area contributed by atoms with E-state index >= 15 is 0 Å². The minimum absolute atomic E-state index is 0.294. The fourth-order valence-electron chi connectivity index (χ4n) is 0.529. The second-order valence-electron chi connectivity index (χ2n) is 1.59. The summed E-state index contributed by atoms with van der Waals surface area (Å²) in [6, 6.07) is 0. The lowest BCUT2D eigenvalue weighted by atomic mass is 10.4. The molecule has 0 unspecified atom stereocenters. The first-order chi connectivity index (χ1) is 3.89. The molecule has 0 radical (unpaired) electrons. The molecule has 1 aliphatic heterocycles. The van der Waals surface area contributed by atoms with Crippen molar-refractivity contribution in [3.05, 3.63) is 24.2 Å². The number of hydrogen-bond donors (Lipinski definition) is 1. The fraction of sp³-hybridized carbons (Fsp3) is 0.333. The summed E-state index contributed by atoms with van der Waals surface area (Å²) < 4.78 is 4.87. The first-order valence-corrected chi connectivity index (χ1v) is 2.57. The summed E-state index contributed by atoms with van der Waals surface area (Å²) in [4.78, 5) is 0. The van der Waals surface area contributed by atoms with Gasteiger partial charge in [0.1, 0.15) is 5.76 Å². The van der Waals surface area contributed by atoms with E-state index in [0.29, 0.717) is 12.4 Å². The van der Waals surface area contributed by atoms with Crippen LogP contribution in [0.1, 0.15) is 6.42 Å². The zero-order valence-electron chi connectivity index (χ0n) is 4.50. The molecule has 0 saturated heterocycles. The molecule has 44 valence electrons. The van der Waals surface area contributed by atoms with Crippen LogP contribution in [-0.2, 0) is 4.74 Å². The van der Waals surface area contributed by atoms with Crippen molar-refractivity contribution in [2.75, 3.05) is 6.61 Å². The Morgan fingerprint density at radius 3 is 3.38 bits per heavy atom. The molecule has 0 aliphatic carbocycles. The van der Waals surface area contributed by atoms with Crippen LogP contribution in [0.4, 0.5) is 0 Å². The van der Waals surface area contributed by atoms with Crippen molar-refractivity contribution in [1.82, 2.24) is 0 Å². The zero-order valence-corrected chi connectivity index (χ0v) is 4.50. The van der Waals surface area contributed by atoms with E-state index in [2.05, 4.69) is 0 Å². The molecule has 0 aromatic rings. The van der Waals surface area contributed by atoms with Crippen LogP contribution < -0.4 is 0 Å². The van der Waals surface area contributed by atoms with Crippen molar-refractivity contribution >= 4 is 0 Å². The van der Waals surface area contributed by atoms with E-state index < -0.39 is 0 Å². The predicted octanol–water partition coefficient (Wildman–Crippen LogP) is 1.36. The standard InChI is InChI=1S/C6H8O2/c7-6-2-1-4-8-5-3-6/h2-3,5,7H,1,4H2. The van der Waals surface area contributed by atoms with E-state index in [1.54, 1.807) is 6.08 Å². The molecule has 0 aromatic carbocycles. The Labute approximate surface area is 48.1 Å². The molecule has 1 N–H and O–H groups in total. The van der Waals surface area contributed by atoms with E-state index in [-0.39, 0.29) is 0 Å². The molecule has 0 saturated carbocycles. The Hall–Kier alpha value is -0.920. The van der Waals surface area contributed by atoms with Gasteiger partial charge in [0.25, 0.3) is 0 Å². The SMILES string of the molecule is OC1=CCCOC=C1. The lowest BCUT2D eigenvalue weighted by Crippen LogP contribution is -1.80. The molecule has 0 aromatic heterocycles. The average molecular weight is 112 g/mol. The Morgan fingerprint density at radius 1 is 1.62 bits per heavy atom. The Bertz CT molecular complexity index is 124. The highest BCUT2D eigenvalue weighted by Crippen LogP contribution is 1.99. The van der Waals surface area contributed by atoms with Gasteiger partial charge in [0, 0.05) is 12.5 Å². The largest absolute Gasteiger partial charge is 0.508 e. The third kappa shape index (κ3) is 1.30. The van der Waals surface area contributed by atoms with Crippen LogP contribution in [0.25, 0.3) is 0 Å². The third-order valence-corrected chi connectivity index (χ3v) is 0.924. The molecular weight excluding hydrogens is 104 g/mol. The molecule has 0 bridgehead atoms. The van der Waals surface area contributed by atoms with Crippen molar-refractivity contribution in [1.29, 1.82) is 0 Å². The van der Waals surface area contributed by atoms with Gasteiger partial charge in [-0.3, -0.25) is 0 Å². The minimum Gasteiger partial charge on any atom is -0.508 e. The molecule has 0 spiro atoms. The van der Waals surface area contributed by atoms with Gasteiger partial charge in [-0.05, 0) is 6.08 Å². The van der Waals surface area contributed by atoms with E-state index in [4.69, 9.17) is 9.84 Å². The van der Waals surface area contributed by atoms with E-state index in [9.17, 15) is 0 Å². The van der Waals surface area contributed by atoms with E-state index in [0.717, 1.165) is 6.42 Å². The highest BCUT2D eigenvalue weighted by atomic mass is 16.5. The summed E-state index contributed by atoms with van der Waals surface area (Å²) in [5, 5.41) is 8.78. The molecule has 8 heavy (non-hydrogen) atoms. The summed E-state index contributed by atoms with van der Waals surface area (Å²) >= 11 is 0. The van der Waals surface area contributed by atoms with Gasteiger partial charge in [0.15, 0.2) is 0 Å². The highest BCUT2D eigenvalue weighted by molar-refractivity contribution is 5.09. The van der Waals surface area contributed by atoms with Crippen LogP contribution in [-0.4, -0.2) is 11.7 Å². The smallest absolute Gasteiger partial charge is 0.114 e. The number of allylic oxidation sites excluding steroid dienone is 1. The Kier molecular flexibility index (Phi) is 1.57. The number of aliphatic hydroxyl groups is 1. The number of hydrogen-bond acceptors (Lipinski definition) is 2. The first-order valence-electron chi connectivity index (χ1n) is 2.57. The predicted molar refractivity (Wildman–Crippen MR) is 30.4 cm³/mol. The van der Waals surface area contributed by atoms with Crippen LogP contribution in [0.5, 0.6) is 0 Å². The third-order valence-electron chi connectivity index (χ3n) is 0.924. The van der Waals surface area contributed by atoms with Crippen molar-refractivity contribution in [2.45, 2.75) is 6.42 Å². The molecule has 2 heteroatoms. The van der Waals surface area contributed by atoms with Crippen LogP contribution in [0.2, 0.25) is 0 Å². The van der Waals surface area contributed by atoms with Gasteiger partial charge in [0.2, 0.25) is 0 Å². The lowest BCUT2D eigenvalue weighted by molar-refractivity contribution is 0.258. The first kappa shape index (κ1) is 5.22. The quantitative estimate of drug-likeness (QED) is 0.512. The second-order valence-corrected chi connectivity index (χ2v) is 1.59. The summed E-state index contributed by atoms with van der Waals surface area (Å²) in [6.07, 6.45) is 5.55. The molecule has 1 heterocycles. The normalized spacial score (nSPS) is 18.8. The lowest BCUT2D eigenvalue weighted by Gasteiger charge is -1.89. The Balaban J connectivity index is 2.55. The molecule has 2 nitrogen and oxygen atoms in total. The van der Waals surface area contributed by atoms with Crippen LogP contribution >= 0.6 is 0 Å². The van der Waals surface area contributed by atoms with E-state index in [1.165, 1.54) is 12.3 Å². The molecule has 1 rings (SSSR count). The average Bonchev–Trinajstić information content (AvgIpc) is 1.94. The van der Waals surface area contributed by atoms with E-state index in [1.807, 2.05) is 0 Å². The van der Waals surface area contributed by atoms with Gasteiger partial charge in [-0.2, -0.15) is 0 Å². The van der Waals surface area contributed by atoms with Crippen LogP contribution in [0.3, 0.4) is 0 Å². The van der Waals surface area contributed by atoms with Crippen molar-refractivity contribution in [3.63, 3.8) is 0 Å². The monoisotopic (exact) mass is 112 g/mol. The van der Waals surface area contributed by atoms with Crippen LogP contribution in [0, 0.1) is 0 Å². The number of aliphatic hydroxyl groups excluding tert-OH is 1. The van der Waals surface area contributed by atoms with Crippen molar-refractivity contribution in [2.24, 2.45) is 0 Å². The van der Waals surface area contributed by atoms with Gasteiger partial charge < -0.3 is 9.84 Å². The van der Waals surface area contributed by atoms with Gasteiger partial charge in [-0.1, -0.05) is 0 Å². The number of rotatable bonds is 0. The van der Waals surface area contributed by atoms with Gasteiger partial charge in [-0.25, -0.2) is 0 Å². The minimum atomic E-state index is 0.294. The maximum atomic E-state index is 8.78. The Morgan fingerprint density at radius 2 is 2.50 bits per heavy atom. The number of ether oxygens (including phenoxy) is 1. The van der Waals surface area contributed by atoms with Gasteiger partial charge in [0.05, 0.1) is 12.9 Å². The van der Waals surface area contributed by atoms with Gasteiger partial charge in [-0.15, -0.1) is 0 Å². The van der Waals surface area contributed by atoms with Crippen molar-refractivity contribution in [3.8, 4) is 0 Å². The topological polar surface area (TPSA) is 29.5 Å². The molecule has 0 amide bonds. The summed E-state index contributed by atoms with van der Waals surface area (Å²) in [5.74, 6) is 0.294. The fourth-order valence-corrected chi connectivity index (χ4v) is 0.529. The van der Waals surface area contributed by atoms with Crippen LogP contribution in [0.15, 0.2) is 24.2 Å². The highest BCUT2D eigenvalue weighted by Gasteiger charge is 1.89. The molecular formula is C6H8O2. The van der Waals surface area contributed by atoms with Gasteiger partial charge >= 0.3 is 0 Å². The second kappa shape index (κ2) is 2.40. The maximum absolute atomic E-state index is 8.78. The summed E-state index contributed by atoms with van der Waals surface area (Å²) in [5.41, 5.74) is 0. The molecule has 0 atom stereocenters.